The van der Waals surface area contributed by atoms with Crippen LogP contribution in [0.3, 0.4) is 0 Å². The number of hydrogen-bond acceptors (Lipinski definition) is 2. The van der Waals surface area contributed by atoms with Gasteiger partial charge in [0.2, 0.25) is 0 Å². The van der Waals surface area contributed by atoms with Gasteiger partial charge in [-0.3, -0.25) is 4.79 Å². The summed E-state index contributed by atoms with van der Waals surface area (Å²) in [7, 11) is 0. The Balaban J connectivity index is 2.22. The average molecular weight is 281 g/mol. The molecule has 3 N–H and O–H groups in total. The smallest absolute Gasteiger partial charge is 0.257 e. The lowest BCUT2D eigenvalue weighted by Crippen LogP contribution is -2.12. The minimum absolute atomic E-state index is 0.290. The molecule has 2 aromatic rings. The van der Waals surface area contributed by atoms with E-state index >= 15 is 0 Å². The molecule has 5 heteroatoms. The molecule has 18 heavy (non-hydrogen) atoms. The lowest BCUT2D eigenvalue weighted by molar-refractivity contribution is 0.102. The van der Waals surface area contributed by atoms with E-state index in [1.165, 1.54) is 0 Å². The van der Waals surface area contributed by atoms with Crippen LogP contribution < -0.4 is 11.1 Å². The van der Waals surface area contributed by atoms with Crippen molar-refractivity contribution >= 4 is 40.5 Å². The molecule has 0 saturated heterocycles. The molecule has 1 amide bonds. The monoisotopic (exact) mass is 280 g/mol. The summed E-state index contributed by atoms with van der Waals surface area (Å²) in [4.78, 5) is 12.0. The fourth-order valence-electron chi connectivity index (χ4n) is 1.47. The van der Waals surface area contributed by atoms with Gasteiger partial charge in [-0.2, -0.15) is 0 Å². The van der Waals surface area contributed by atoms with Gasteiger partial charge < -0.3 is 11.1 Å². The number of amides is 1. The third-order valence-corrected chi connectivity index (χ3v) is 3.05. The first kappa shape index (κ1) is 12.7. The molecule has 0 fully saturated rings. The van der Waals surface area contributed by atoms with Gasteiger partial charge in [0.25, 0.3) is 5.91 Å². The number of nitrogens with two attached hydrogens (primary N) is 1. The maximum Gasteiger partial charge on any atom is 0.257 e. The van der Waals surface area contributed by atoms with Gasteiger partial charge in [0, 0.05) is 5.69 Å². The highest BCUT2D eigenvalue weighted by Gasteiger charge is 2.10. The lowest BCUT2D eigenvalue weighted by Gasteiger charge is -2.07. The number of carbonyl (C=O) groups is 1. The van der Waals surface area contributed by atoms with E-state index in [1.54, 1.807) is 42.5 Å². The van der Waals surface area contributed by atoms with Crippen LogP contribution in [-0.2, 0) is 0 Å². The quantitative estimate of drug-likeness (QED) is 0.822. The highest BCUT2D eigenvalue weighted by atomic mass is 35.5. The zero-order chi connectivity index (χ0) is 13.1. The fraction of sp³-hybridized carbons (Fsp3) is 0. The Labute approximate surface area is 115 Å². The second kappa shape index (κ2) is 5.29. The molecule has 0 unspecified atom stereocenters. The molecule has 0 aromatic heterocycles. The largest absolute Gasteiger partial charge is 0.397 e. The zero-order valence-corrected chi connectivity index (χ0v) is 10.8. The lowest BCUT2D eigenvalue weighted by atomic mass is 10.2. The molecule has 2 rings (SSSR count). The normalized spacial score (nSPS) is 10.1. The van der Waals surface area contributed by atoms with Crippen LogP contribution in [0.1, 0.15) is 10.4 Å². The number of anilines is 2. The van der Waals surface area contributed by atoms with Gasteiger partial charge in [0.05, 0.1) is 21.3 Å². The first-order valence-corrected chi connectivity index (χ1v) is 5.94. The molecule has 0 saturated carbocycles. The van der Waals surface area contributed by atoms with Crippen molar-refractivity contribution < 1.29 is 4.79 Å². The number of nitrogen functional groups attached to an aromatic ring is 1. The van der Waals surface area contributed by atoms with Crippen molar-refractivity contribution in [1.82, 2.24) is 0 Å². The first-order chi connectivity index (χ1) is 8.58. The molecule has 0 aliphatic carbocycles. The summed E-state index contributed by atoms with van der Waals surface area (Å²) >= 11 is 11.7. The fourth-order valence-corrected chi connectivity index (χ4v) is 1.80. The van der Waals surface area contributed by atoms with E-state index in [1.807, 2.05) is 0 Å². The van der Waals surface area contributed by atoms with E-state index in [-0.39, 0.29) is 5.91 Å². The molecule has 0 heterocycles. The summed E-state index contributed by atoms with van der Waals surface area (Å²) in [5.41, 5.74) is 7.05. The van der Waals surface area contributed by atoms with Crippen molar-refractivity contribution in [2.45, 2.75) is 0 Å². The summed E-state index contributed by atoms with van der Waals surface area (Å²) in [6.07, 6.45) is 0. The SMILES string of the molecule is Nc1cc(NC(=O)c2ccccc2Cl)ccc1Cl. The van der Waals surface area contributed by atoms with Gasteiger partial charge in [0.15, 0.2) is 0 Å². The third-order valence-electron chi connectivity index (χ3n) is 2.37. The first-order valence-electron chi connectivity index (χ1n) is 5.19. The van der Waals surface area contributed by atoms with Crippen LogP contribution >= 0.6 is 23.2 Å². The maximum absolute atomic E-state index is 12.0. The summed E-state index contributed by atoms with van der Waals surface area (Å²) in [6, 6.07) is 11.7. The Hall–Kier alpha value is -1.71. The van der Waals surface area contributed by atoms with Crippen molar-refractivity contribution in [3.63, 3.8) is 0 Å². The van der Waals surface area contributed by atoms with E-state index in [2.05, 4.69) is 5.32 Å². The highest BCUT2D eigenvalue weighted by molar-refractivity contribution is 6.34. The van der Waals surface area contributed by atoms with Crippen molar-refractivity contribution in [2.24, 2.45) is 0 Å². The van der Waals surface area contributed by atoms with Crippen molar-refractivity contribution in [1.29, 1.82) is 0 Å². The van der Waals surface area contributed by atoms with Crippen LogP contribution in [-0.4, -0.2) is 5.91 Å². The molecule has 0 spiro atoms. The van der Waals surface area contributed by atoms with E-state index < -0.39 is 0 Å². The van der Waals surface area contributed by atoms with Gasteiger partial charge >= 0.3 is 0 Å². The van der Waals surface area contributed by atoms with Crippen LogP contribution in [0, 0.1) is 0 Å². The molecule has 3 nitrogen and oxygen atoms in total. The number of nitrogens with one attached hydrogen (secondary N) is 1. The van der Waals surface area contributed by atoms with Crippen LogP contribution in [0.15, 0.2) is 42.5 Å². The number of carbonyl (C=O) groups excluding carboxylic acids is 1. The Morgan fingerprint density at radius 2 is 1.78 bits per heavy atom. The highest BCUT2D eigenvalue weighted by Crippen LogP contribution is 2.23. The second-order valence-corrected chi connectivity index (χ2v) is 4.48. The van der Waals surface area contributed by atoms with E-state index in [0.717, 1.165) is 0 Å². The van der Waals surface area contributed by atoms with Crippen molar-refractivity contribution in [3.8, 4) is 0 Å². The molecule has 0 atom stereocenters. The van der Waals surface area contributed by atoms with E-state index in [4.69, 9.17) is 28.9 Å². The summed E-state index contributed by atoms with van der Waals surface area (Å²) in [5.74, 6) is -0.290. The van der Waals surface area contributed by atoms with Crippen LogP contribution in [0.5, 0.6) is 0 Å². The maximum atomic E-state index is 12.0. The summed E-state index contributed by atoms with van der Waals surface area (Å²) in [6.45, 7) is 0. The predicted molar refractivity (Wildman–Crippen MR) is 75.3 cm³/mol. The van der Waals surface area contributed by atoms with Crippen LogP contribution in [0.2, 0.25) is 10.0 Å². The van der Waals surface area contributed by atoms with Gasteiger partial charge in [0.1, 0.15) is 0 Å². The predicted octanol–water partition coefficient (Wildman–Crippen LogP) is 3.83. The summed E-state index contributed by atoms with van der Waals surface area (Å²) in [5, 5.41) is 3.55. The van der Waals surface area contributed by atoms with Crippen molar-refractivity contribution in [2.75, 3.05) is 11.1 Å². The minimum atomic E-state index is -0.290. The Morgan fingerprint density at radius 1 is 1.06 bits per heavy atom. The van der Waals surface area contributed by atoms with Crippen molar-refractivity contribution in [3.05, 3.63) is 58.1 Å². The molecule has 0 radical (unpaired) electrons. The molecular weight excluding hydrogens is 271 g/mol. The molecular formula is C13H10Cl2N2O. The Kier molecular flexibility index (Phi) is 3.75. The number of rotatable bonds is 2. The topological polar surface area (TPSA) is 55.1 Å². The Bertz CT molecular complexity index is 599. The van der Waals surface area contributed by atoms with E-state index in [9.17, 15) is 4.79 Å². The van der Waals surface area contributed by atoms with Gasteiger partial charge in [-0.1, -0.05) is 35.3 Å². The molecule has 92 valence electrons. The molecule has 0 bridgehead atoms. The molecule has 2 aromatic carbocycles. The third kappa shape index (κ3) is 2.75. The van der Waals surface area contributed by atoms with Gasteiger partial charge in [-0.15, -0.1) is 0 Å². The number of halogens is 2. The molecule has 0 aliphatic heterocycles. The molecule has 0 aliphatic rings. The number of benzene rings is 2. The standard InChI is InChI=1S/C13H10Cl2N2O/c14-10-4-2-1-3-9(10)13(18)17-8-5-6-11(15)12(16)7-8/h1-7H,16H2,(H,17,18). The average Bonchev–Trinajstić information content (AvgIpc) is 2.34. The van der Waals surface area contributed by atoms with Gasteiger partial charge in [-0.25, -0.2) is 0 Å². The second-order valence-electron chi connectivity index (χ2n) is 3.67. The summed E-state index contributed by atoms with van der Waals surface area (Å²) < 4.78 is 0. The van der Waals surface area contributed by atoms with Crippen LogP contribution in [0.4, 0.5) is 11.4 Å². The Morgan fingerprint density at radius 3 is 2.44 bits per heavy atom. The number of hydrogen-bond donors (Lipinski definition) is 2. The van der Waals surface area contributed by atoms with E-state index in [0.29, 0.717) is 27.0 Å². The van der Waals surface area contributed by atoms with Gasteiger partial charge in [-0.05, 0) is 30.3 Å². The zero-order valence-electron chi connectivity index (χ0n) is 9.28. The van der Waals surface area contributed by atoms with Crippen LogP contribution in [0.25, 0.3) is 0 Å². The minimum Gasteiger partial charge on any atom is -0.397 e.